The summed E-state index contributed by atoms with van der Waals surface area (Å²) in [7, 11) is 0. The standard InChI is InChI=1S/C10H16O2.C5H10.2CH3.Fe/c1-8(2)10(11)12-7-9-5-3-4-6-9;1-2-4-5-3-1;;;/h9H,1,3-7H2,2H3;1-5H2;2*1H3;/q;;2*-1;+2. The van der Waals surface area contributed by atoms with Gasteiger partial charge in [-0.25, -0.2) is 4.79 Å². The summed E-state index contributed by atoms with van der Waals surface area (Å²) >= 11 is 0. The van der Waals surface area contributed by atoms with E-state index >= 15 is 0 Å². The average Bonchev–Trinajstić information content (AvgIpc) is 3.00. The molecule has 2 fully saturated rings. The molecule has 0 atom stereocenters. The van der Waals surface area contributed by atoms with E-state index in [1.54, 1.807) is 6.92 Å². The SMILES string of the molecule is C1CCCC1.C=C(C)C(=O)OCC1CCCC1.[CH3-].[CH3-].[Fe+2]. The third-order valence-electron chi connectivity index (χ3n) is 3.52. The molecule has 2 saturated carbocycles. The molecule has 0 saturated heterocycles. The second-order valence-corrected chi connectivity index (χ2v) is 5.30. The minimum absolute atomic E-state index is 0. The zero-order valence-electron chi connectivity index (χ0n) is 13.5. The Balaban J connectivity index is -0.000000312. The van der Waals surface area contributed by atoms with Crippen LogP contribution in [0.4, 0.5) is 0 Å². The Morgan fingerprint density at radius 3 is 1.75 bits per heavy atom. The Morgan fingerprint density at radius 2 is 1.40 bits per heavy atom. The molecule has 0 aromatic rings. The Bertz CT molecular complexity index is 234. The van der Waals surface area contributed by atoms with Gasteiger partial charge in [-0.05, 0) is 25.7 Å². The summed E-state index contributed by atoms with van der Waals surface area (Å²) in [6.45, 7) is 5.79. The number of carbonyl (C=O) groups is 1. The summed E-state index contributed by atoms with van der Waals surface area (Å²) in [6, 6.07) is 0. The normalized spacial score (nSPS) is 16.6. The minimum atomic E-state index is -0.248. The molecule has 0 radical (unpaired) electrons. The van der Waals surface area contributed by atoms with Crippen molar-refractivity contribution < 1.29 is 26.6 Å². The first-order chi connectivity index (χ1) is 8.20. The quantitative estimate of drug-likeness (QED) is 0.311. The second kappa shape index (κ2) is 15.1. The van der Waals surface area contributed by atoms with Crippen molar-refractivity contribution in [1.82, 2.24) is 0 Å². The number of rotatable bonds is 3. The van der Waals surface area contributed by atoms with Crippen molar-refractivity contribution in [2.24, 2.45) is 5.92 Å². The van der Waals surface area contributed by atoms with Gasteiger partial charge < -0.3 is 19.6 Å². The molecule has 2 aliphatic carbocycles. The molecule has 0 unspecified atom stereocenters. The first-order valence-electron chi connectivity index (χ1n) is 7.03. The molecule has 2 aliphatic rings. The Hall–Kier alpha value is -0.271. The van der Waals surface area contributed by atoms with E-state index in [0.717, 1.165) is 0 Å². The molecule has 3 heteroatoms. The first kappa shape index (κ1) is 24.7. The fourth-order valence-electron chi connectivity index (χ4n) is 2.38. The van der Waals surface area contributed by atoms with E-state index in [4.69, 9.17) is 4.74 Å². The van der Waals surface area contributed by atoms with Gasteiger partial charge >= 0.3 is 23.0 Å². The molecule has 120 valence electrons. The summed E-state index contributed by atoms with van der Waals surface area (Å²) < 4.78 is 5.05. The van der Waals surface area contributed by atoms with E-state index in [2.05, 4.69) is 6.58 Å². The van der Waals surface area contributed by atoms with Gasteiger partial charge in [0.2, 0.25) is 0 Å². The summed E-state index contributed by atoms with van der Waals surface area (Å²) in [4.78, 5) is 11.0. The number of hydrogen-bond acceptors (Lipinski definition) is 2. The van der Waals surface area contributed by atoms with Gasteiger partial charge in [-0.2, -0.15) is 0 Å². The van der Waals surface area contributed by atoms with Gasteiger partial charge in [0.25, 0.3) is 0 Å². The van der Waals surface area contributed by atoms with Crippen LogP contribution < -0.4 is 0 Å². The molecule has 0 aromatic heterocycles. The van der Waals surface area contributed by atoms with Gasteiger partial charge in [0.1, 0.15) is 0 Å². The van der Waals surface area contributed by atoms with Gasteiger partial charge in [-0.1, -0.05) is 51.5 Å². The van der Waals surface area contributed by atoms with E-state index in [0.29, 0.717) is 18.1 Å². The van der Waals surface area contributed by atoms with Crippen LogP contribution in [0.3, 0.4) is 0 Å². The molecule has 20 heavy (non-hydrogen) atoms. The first-order valence-corrected chi connectivity index (χ1v) is 7.03. The van der Waals surface area contributed by atoms with Crippen molar-refractivity contribution in [2.45, 2.75) is 64.7 Å². The monoisotopic (exact) mass is 324 g/mol. The summed E-state index contributed by atoms with van der Waals surface area (Å²) in [5, 5.41) is 0. The molecular formula is C17H32FeO2. The van der Waals surface area contributed by atoms with E-state index < -0.39 is 0 Å². The van der Waals surface area contributed by atoms with Crippen LogP contribution in [0.1, 0.15) is 64.7 Å². The number of hydrogen-bond donors (Lipinski definition) is 0. The summed E-state index contributed by atoms with van der Waals surface area (Å²) in [5.41, 5.74) is 0.494. The summed E-state index contributed by atoms with van der Waals surface area (Å²) in [6.07, 6.45) is 12.5. The molecular weight excluding hydrogens is 292 g/mol. The minimum Gasteiger partial charge on any atom is -0.462 e. The van der Waals surface area contributed by atoms with Crippen molar-refractivity contribution in [3.8, 4) is 0 Å². The van der Waals surface area contributed by atoms with Crippen molar-refractivity contribution in [3.05, 3.63) is 27.0 Å². The van der Waals surface area contributed by atoms with Crippen LogP contribution in [-0.4, -0.2) is 12.6 Å². The van der Waals surface area contributed by atoms with Gasteiger partial charge in [-0.15, -0.1) is 0 Å². The van der Waals surface area contributed by atoms with Crippen LogP contribution in [0.15, 0.2) is 12.2 Å². The van der Waals surface area contributed by atoms with Crippen LogP contribution in [0, 0.1) is 20.8 Å². The van der Waals surface area contributed by atoms with E-state index in [9.17, 15) is 4.79 Å². The maximum Gasteiger partial charge on any atom is 2.00 e. The molecule has 0 N–H and O–H groups in total. The predicted octanol–water partition coefficient (Wildman–Crippen LogP) is 5.14. The zero-order chi connectivity index (χ0) is 12.5. The average molecular weight is 324 g/mol. The van der Waals surface area contributed by atoms with E-state index in [1.807, 2.05) is 0 Å². The fraction of sp³-hybridized carbons (Fsp3) is 0.706. The van der Waals surface area contributed by atoms with Crippen molar-refractivity contribution >= 4 is 5.97 Å². The number of ether oxygens (including phenoxy) is 1. The van der Waals surface area contributed by atoms with Gasteiger partial charge in [-0.3, -0.25) is 0 Å². The Morgan fingerprint density at radius 1 is 1.00 bits per heavy atom. The molecule has 0 amide bonds. The topological polar surface area (TPSA) is 26.3 Å². The largest absolute Gasteiger partial charge is 2.00 e. The van der Waals surface area contributed by atoms with Gasteiger partial charge in [0.05, 0.1) is 6.61 Å². The number of esters is 1. The van der Waals surface area contributed by atoms with Crippen LogP contribution >= 0.6 is 0 Å². The molecule has 0 aromatic carbocycles. The molecule has 2 nitrogen and oxygen atoms in total. The summed E-state index contributed by atoms with van der Waals surface area (Å²) in [5.74, 6) is 0.357. The Kier molecular flexibility index (Phi) is 18.7. The van der Waals surface area contributed by atoms with Gasteiger partial charge in [0.15, 0.2) is 0 Å². The van der Waals surface area contributed by atoms with Crippen molar-refractivity contribution in [3.63, 3.8) is 0 Å². The predicted molar refractivity (Wildman–Crippen MR) is 83.6 cm³/mol. The molecule has 0 spiro atoms. The Labute approximate surface area is 137 Å². The second-order valence-electron chi connectivity index (χ2n) is 5.30. The van der Waals surface area contributed by atoms with Crippen molar-refractivity contribution in [2.75, 3.05) is 6.61 Å². The van der Waals surface area contributed by atoms with Crippen LogP contribution in [0.5, 0.6) is 0 Å². The third kappa shape index (κ3) is 11.5. The van der Waals surface area contributed by atoms with Gasteiger partial charge in [0, 0.05) is 5.57 Å². The maximum atomic E-state index is 11.0. The van der Waals surface area contributed by atoms with Crippen LogP contribution in [0.2, 0.25) is 0 Å². The van der Waals surface area contributed by atoms with Crippen LogP contribution in [-0.2, 0) is 26.6 Å². The van der Waals surface area contributed by atoms with Crippen LogP contribution in [0.25, 0.3) is 0 Å². The molecule has 0 aliphatic heterocycles. The van der Waals surface area contributed by atoms with E-state index in [-0.39, 0.29) is 37.9 Å². The van der Waals surface area contributed by atoms with E-state index in [1.165, 1.54) is 57.8 Å². The number of carbonyl (C=O) groups excluding carboxylic acids is 1. The molecule has 0 heterocycles. The van der Waals surface area contributed by atoms with Crippen molar-refractivity contribution in [1.29, 1.82) is 0 Å². The maximum absolute atomic E-state index is 11.0. The third-order valence-corrected chi connectivity index (χ3v) is 3.52. The fourth-order valence-corrected chi connectivity index (χ4v) is 2.38. The molecule has 2 rings (SSSR count). The molecule has 0 bridgehead atoms. The smallest absolute Gasteiger partial charge is 0.462 e. The zero-order valence-corrected chi connectivity index (χ0v) is 14.6.